The first-order valence-electron chi connectivity index (χ1n) is 6.29. The summed E-state index contributed by atoms with van der Waals surface area (Å²) >= 11 is 9.57. The Bertz CT molecular complexity index is 374. The highest BCUT2D eigenvalue weighted by Gasteiger charge is 2.20. The van der Waals surface area contributed by atoms with Gasteiger partial charge in [0.2, 0.25) is 0 Å². The first kappa shape index (κ1) is 13.2. The first-order chi connectivity index (χ1) is 8.22. The lowest BCUT2D eigenvalue weighted by molar-refractivity contribution is 0.427. The summed E-state index contributed by atoms with van der Waals surface area (Å²) < 4.78 is 1.13. The summed E-state index contributed by atoms with van der Waals surface area (Å²) in [5, 5.41) is 0. The lowest BCUT2D eigenvalue weighted by Crippen LogP contribution is -2.33. The van der Waals surface area contributed by atoms with Crippen molar-refractivity contribution in [3.8, 4) is 0 Å². The molecule has 1 aliphatic carbocycles. The summed E-state index contributed by atoms with van der Waals surface area (Å²) in [7, 11) is 2.20. The Balaban J connectivity index is 2.21. The van der Waals surface area contributed by atoms with Crippen molar-refractivity contribution in [3.05, 3.63) is 28.2 Å². The molecule has 0 saturated heterocycles. The molecule has 1 nitrogen and oxygen atoms in total. The van der Waals surface area contributed by atoms with Crippen molar-refractivity contribution in [2.45, 2.75) is 44.0 Å². The highest BCUT2D eigenvalue weighted by molar-refractivity contribution is 9.10. The normalized spacial score (nSPS) is 17.1. The molecule has 1 fully saturated rings. The van der Waals surface area contributed by atoms with Crippen LogP contribution in [0.1, 0.15) is 37.7 Å². The van der Waals surface area contributed by atoms with Gasteiger partial charge in [0.1, 0.15) is 0 Å². The molecule has 2 rings (SSSR count). The van der Waals surface area contributed by atoms with E-state index in [0.29, 0.717) is 11.9 Å². The maximum Gasteiger partial charge on any atom is 0.0494 e. The van der Waals surface area contributed by atoms with Crippen molar-refractivity contribution in [2.75, 3.05) is 11.9 Å². The van der Waals surface area contributed by atoms with Crippen LogP contribution in [0.2, 0.25) is 0 Å². The smallest absolute Gasteiger partial charge is 0.0494 e. The van der Waals surface area contributed by atoms with E-state index < -0.39 is 0 Å². The monoisotopic (exact) mass is 315 g/mol. The summed E-state index contributed by atoms with van der Waals surface area (Å²) in [6.07, 6.45) is 6.74. The van der Waals surface area contributed by atoms with E-state index in [2.05, 4.69) is 46.1 Å². The average molecular weight is 317 g/mol. The Hall–Kier alpha value is -0.210. The quantitative estimate of drug-likeness (QED) is 0.713. The fourth-order valence-corrected chi connectivity index (χ4v) is 3.22. The van der Waals surface area contributed by atoms with Crippen LogP contribution in [0.3, 0.4) is 0 Å². The van der Waals surface area contributed by atoms with Gasteiger partial charge < -0.3 is 4.90 Å². The predicted molar refractivity (Wildman–Crippen MR) is 79.0 cm³/mol. The standard InChI is InChI=1S/C14H19BrClN/c1-17(13-5-3-2-4-6-13)14-9-12(15)8-7-11(14)10-16/h7-9,13H,2-6,10H2,1H3. The van der Waals surface area contributed by atoms with Crippen molar-refractivity contribution in [3.63, 3.8) is 0 Å². The molecule has 0 radical (unpaired) electrons. The van der Waals surface area contributed by atoms with Gasteiger partial charge in [-0.2, -0.15) is 0 Å². The van der Waals surface area contributed by atoms with Gasteiger partial charge in [0.25, 0.3) is 0 Å². The fraction of sp³-hybridized carbons (Fsp3) is 0.571. The Morgan fingerprint density at radius 1 is 1.29 bits per heavy atom. The summed E-state index contributed by atoms with van der Waals surface area (Å²) in [4.78, 5) is 2.42. The second kappa shape index (κ2) is 6.10. The zero-order valence-electron chi connectivity index (χ0n) is 10.3. The van der Waals surface area contributed by atoms with Gasteiger partial charge in [-0.05, 0) is 30.5 Å². The Labute approximate surface area is 117 Å². The zero-order chi connectivity index (χ0) is 12.3. The van der Waals surface area contributed by atoms with Crippen LogP contribution in [0.4, 0.5) is 5.69 Å². The third-order valence-electron chi connectivity index (χ3n) is 3.69. The van der Waals surface area contributed by atoms with Gasteiger partial charge in [0.15, 0.2) is 0 Å². The molecule has 0 unspecified atom stereocenters. The van der Waals surface area contributed by atoms with E-state index in [1.165, 1.54) is 43.4 Å². The molecule has 0 atom stereocenters. The third-order valence-corrected chi connectivity index (χ3v) is 4.47. The van der Waals surface area contributed by atoms with E-state index in [1.807, 2.05) is 0 Å². The summed E-state index contributed by atoms with van der Waals surface area (Å²) in [5.74, 6) is 0.583. The molecule has 0 heterocycles. The molecule has 0 amide bonds. The Morgan fingerprint density at radius 3 is 2.65 bits per heavy atom. The van der Waals surface area contributed by atoms with E-state index in [4.69, 9.17) is 11.6 Å². The second-order valence-electron chi connectivity index (χ2n) is 4.81. The van der Waals surface area contributed by atoms with Gasteiger partial charge in [-0.1, -0.05) is 41.3 Å². The van der Waals surface area contributed by atoms with Crippen LogP contribution in [0.5, 0.6) is 0 Å². The molecule has 0 aromatic heterocycles. The van der Waals surface area contributed by atoms with Gasteiger partial charge in [-0.25, -0.2) is 0 Å². The predicted octanol–water partition coefficient (Wildman–Crippen LogP) is 4.96. The number of benzene rings is 1. The van der Waals surface area contributed by atoms with Crippen molar-refractivity contribution in [1.82, 2.24) is 0 Å². The fourth-order valence-electron chi connectivity index (χ4n) is 2.64. The van der Waals surface area contributed by atoms with Crippen LogP contribution in [0, 0.1) is 0 Å². The van der Waals surface area contributed by atoms with Crippen molar-refractivity contribution < 1.29 is 0 Å². The van der Waals surface area contributed by atoms with E-state index in [0.717, 1.165) is 4.47 Å². The Morgan fingerprint density at radius 2 is 2.00 bits per heavy atom. The van der Waals surface area contributed by atoms with Crippen LogP contribution in [0.15, 0.2) is 22.7 Å². The van der Waals surface area contributed by atoms with Gasteiger partial charge in [0, 0.05) is 29.1 Å². The summed E-state index contributed by atoms with van der Waals surface area (Å²) in [6.45, 7) is 0. The molecule has 1 aromatic carbocycles. The molecule has 1 aliphatic rings. The minimum absolute atomic E-state index is 0.583. The number of nitrogens with zero attached hydrogens (tertiary/aromatic N) is 1. The number of anilines is 1. The second-order valence-corrected chi connectivity index (χ2v) is 5.99. The molecular formula is C14H19BrClN. The van der Waals surface area contributed by atoms with Crippen LogP contribution < -0.4 is 4.90 Å². The maximum absolute atomic E-state index is 6.03. The minimum atomic E-state index is 0.583. The largest absolute Gasteiger partial charge is 0.371 e. The number of hydrogen-bond donors (Lipinski definition) is 0. The number of hydrogen-bond acceptors (Lipinski definition) is 1. The maximum atomic E-state index is 6.03. The topological polar surface area (TPSA) is 3.24 Å². The molecule has 0 N–H and O–H groups in total. The molecule has 0 spiro atoms. The Kier molecular flexibility index (Phi) is 4.75. The molecule has 1 aromatic rings. The SMILES string of the molecule is CN(c1cc(Br)ccc1CCl)C1CCCCC1. The van der Waals surface area contributed by atoms with Gasteiger partial charge in [-0.3, -0.25) is 0 Å². The lowest BCUT2D eigenvalue weighted by Gasteiger charge is -2.34. The summed E-state index contributed by atoms with van der Waals surface area (Å²) in [6, 6.07) is 7.05. The molecule has 94 valence electrons. The number of rotatable bonds is 3. The van der Waals surface area contributed by atoms with Gasteiger partial charge in [0.05, 0.1) is 0 Å². The van der Waals surface area contributed by atoms with E-state index >= 15 is 0 Å². The van der Waals surface area contributed by atoms with E-state index in [1.54, 1.807) is 0 Å². The highest BCUT2D eigenvalue weighted by Crippen LogP contribution is 2.31. The molecular weight excluding hydrogens is 298 g/mol. The van der Waals surface area contributed by atoms with Gasteiger partial charge in [-0.15, -0.1) is 11.6 Å². The van der Waals surface area contributed by atoms with Crippen LogP contribution in [-0.4, -0.2) is 13.1 Å². The number of alkyl halides is 1. The first-order valence-corrected chi connectivity index (χ1v) is 7.62. The van der Waals surface area contributed by atoms with Crippen LogP contribution >= 0.6 is 27.5 Å². The molecule has 0 bridgehead atoms. The lowest BCUT2D eigenvalue weighted by atomic mass is 9.94. The van der Waals surface area contributed by atoms with Crippen molar-refractivity contribution >= 4 is 33.2 Å². The molecule has 0 aliphatic heterocycles. The molecule has 1 saturated carbocycles. The van der Waals surface area contributed by atoms with Crippen LogP contribution in [0.25, 0.3) is 0 Å². The van der Waals surface area contributed by atoms with E-state index in [9.17, 15) is 0 Å². The van der Waals surface area contributed by atoms with E-state index in [-0.39, 0.29) is 0 Å². The van der Waals surface area contributed by atoms with Crippen molar-refractivity contribution in [1.29, 1.82) is 0 Å². The molecule has 17 heavy (non-hydrogen) atoms. The van der Waals surface area contributed by atoms with Gasteiger partial charge >= 0.3 is 0 Å². The number of halogens is 2. The third kappa shape index (κ3) is 3.17. The van der Waals surface area contributed by atoms with Crippen molar-refractivity contribution in [2.24, 2.45) is 0 Å². The minimum Gasteiger partial charge on any atom is -0.371 e. The highest BCUT2D eigenvalue weighted by atomic mass is 79.9. The molecule has 3 heteroatoms. The van der Waals surface area contributed by atoms with Crippen LogP contribution in [-0.2, 0) is 5.88 Å². The summed E-state index contributed by atoms with van der Waals surface area (Å²) in [5.41, 5.74) is 2.50. The zero-order valence-corrected chi connectivity index (χ0v) is 12.6. The average Bonchev–Trinajstić information content (AvgIpc) is 2.39.